The maximum Gasteiger partial charge on any atom is 0.183 e. The first-order chi connectivity index (χ1) is 7.25. The maximum absolute atomic E-state index is 11.0. The van der Waals surface area contributed by atoms with E-state index in [1.54, 1.807) is 5.38 Å². The predicted molar refractivity (Wildman–Crippen MR) is 59.6 cm³/mol. The smallest absolute Gasteiger partial charge is 0.183 e. The number of thiazole rings is 1. The molecule has 5 heteroatoms. The Hall–Kier alpha value is -0.940. The number of hydrogen-bond acceptors (Lipinski definition) is 5. The normalized spacial score (nSPS) is 20.5. The SMILES string of the molecule is CC(=O)c1csc(NCC2CCCO2)n1. The van der Waals surface area contributed by atoms with Crippen molar-refractivity contribution in [2.45, 2.75) is 25.9 Å². The molecule has 2 rings (SSSR count). The molecule has 0 bridgehead atoms. The lowest BCUT2D eigenvalue weighted by Crippen LogP contribution is -2.18. The second-order valence-corrected chi connectivity index (χ2v) is 4.47. The standard InChI is InChI=1S/C10H14N2O2S/c1-7(13)9-6-15-10(12-9)11-5-8-3-2-4-14-8/h6,8H,2-5H2,1H3,(H,11,12). The van der Waals surface area contributed by atoms with Crippen molar-refractivity contribution in [2.24, 2.45) is 0 Å². The first-order valence-electron chi connectivity index (χ1n) is 5.07. The van der Waals surface area contributed by atoms with Gasteiger partial charge >= 0.3 is 0 Å². The number of Topliss-reactive ketones (excluding diaryl/α,β-unsaturated/α-hetero) is 1. The van der Waals surface area contributed by atoms with Crippen molar-refractivity contribution in [1.29, 1.82) is 0 Å². The second-order valence-electron chi connectivity index (χ2n) is 3.61. The van der Waals surface area contributed by atoms with Crippen LogP contribution < -0.4 is 5.32 Å². The summed E-state index contributed by atoms with van der Waals surface area (Å²) in [5, 5.41) is 5.77. The van der Waals surface area contributed by atoms with E-state index in [9.17, 15) is 4.79 Å². The number of aromatic nitrogens is 1. The lowest BCUT2D eigenvalue weighted by atomic mass is 10.2. The molecule has 1 aliphatic rings. The van der Waals surface area contributed by atoms with Crippen LogP contribution in [0.4, 0.5) is 5.13 Å². The van der Waals surface area contributed by atoms with E-state index >= 15 is 0 Å². The third-order valence-electron chi connectivity index (χ3n) is 2.37. The van der Waals surface area contributed by atoms with Crippen LogP contribution in [0.25, 0.3) is 0 Å². The minimum absolute atomic E-state index is 0.0106. The van der Waals surface area contributed by atoms with Crippen LogP contribution in [0.2, 0.25) is 0 Å². The Morgan fingerprint density at radius 1 is 1.80 bits per heavy atom. The summed E-state index contributed by atoms with van der Waals surface area (Å²) in [6.07, 6.45) is 2.55. The second kappa shape index (κ2) is 4.72. The summed E-state index contributed by atoms with van der Waals surface area (Å²) in [4.78, 5) is 15.2. The van der Waals surface area contributed by atoms with Crippen LogP contribution in [0.1, 0.15) is 30.3 Å². The summed E-state index contributed by atoms with van der Waals surface area (Å²) in [6, 6.07) is 0. The summed E-state index contributed by atoms with van der Waals surface area (Å²) >= 11 is 1.46. The number of nitrogens with one attached hydrogen (secondary N) is 1. The molecule has 0 saturated carbocycles. The van der Waals surface area contributed by atoms with Crippen molar-refractivity contribution < 1.29 is 9.53 Å². The number of ether oxygens (including phenoxy) is 1. The molecule has 1 atom stereocenters. The predicted octanol–water partition coefficient (Wildman–Crippen LogP) is 1.94. The van der Waals surface area contributed by atoms with Gasteiger partial charge in [-0.05, 0) is 12.8 Å². The number of hydrogen-bond donors (Lipinski definition) is 1. The van der Waals surface area contributed by atoms with Crippen LogP contribution in [0.3, 0.4) is 0 Å². The van der Waals surface area contributed by atoms with Crippen LogP contribution in [0, 0.1) is 0 Å². The molecule has 15 heavy (non-hydrogen) atoms. The fraction of sp³-hybridized carbons (Fsp3) is 0.600. The van der Waals surface area contributed by atoms with Crippen molar-refractivity contribution in [2.75, 3.05) is 18.5 Å². The van der Waals surface area contributed by atoms with Gasteiger partial charge in [0, 0.05) is 25.5 Å². The van der Waals surface area contributed by atoms with Crippen LogP contribution in [-0.4, -0.2) is 30.0 Å². The molecular weight excluding hydrogens is 212 g/mol. The molecule has 0 aliphatic carbocycles. The topological polar surface area (TPSA) is 51.2 Å². The lowest BCUT2D eigenvalue weighted by molar-refractivity contribution is 0.101. The Morgan fingerprint density at radius 3 is 3.27 bits per heavy atom. The number of anilines is 1. The third-order valence-corrected chi connectivity index (χ3v) is 3.17. The Balaban J connectivity index is 1.84. The molecular formula is C10H14N2O2S. The van der Waals surface area contributed by atoms with Crippen LogP contribution in [0.15, 0.2) is 5.38 Å². The first kappa shape index (κ1) is 10.6. The highest BCUT2D eigenvalue weighted by molar-refractivity contribution is 7.13. The zero-order valence-electron chi connectivity index (χ0n) is 8.66. The summed E-state index contributed by atoms with van der Waals surface area (Å²) in [5.74, 6) is 0.0106. The fourth-order valence-corrected chi connectivity index (χ4v) is 2.28. The highest BCUT2D eigenvalue weighted by Crippen LogP contribution is 2.17. The summed E-state index contributed by atoms with van der Waals surface area (Å²) in [6.45, 7) is 3.17. The number of carbonyl (C=O) groups is 1. The average Bonchev–Trinajstić information content (AvgIpc) is 2.86. The van der Waals surface area contributed by atoms with Crippen molar-refractivity contribution in [3.63, 3.8) is 0 Å². The quantitative estimate of drug-likeness (QED) is 0.797. The fourth-order valence-electron chi connectivity index (χ4n) is 1.52. The Kier molecular flexibility index (Phi) is 3.33. The van der Waals surface area contributed by atoms with Gasteiger partial charge in [0.15, 0.2) is 10.9 Å². The van der Waals surface area contributed by atoms with Gasteiger partial charge in [0.05, 0.1) is 6.10 Å². The summed E-state index contributed by atoms with van der Waals surface area (Å²) < 4.78 is 5.48. The van der Waals surface area contributed by atoms with E-state index in [1.807, 2.05) is 0 Å². The molecule has 1 aromatic heterocycles. The van der Waals surface area contributed by atoms with E-state index in [4.69, 9.17) is 4.74 Å². The molecule has 82 valence electrons. The molecule has 0 radical (unpaired) electrons. The molecule has 4 nitrogen and oxygen atoms in total. The summed E-state index contributed by atoms with van der Waals surface area (Å²) in [7, 11) is 0. The van der Waals surface area contributed by atoms with Gasteiger partial charge in [-0.2, -0.15) is 0 Å². The minimum atomic E-state index is 0.0106. The van der Waals surface area contributed by atoms with Gasteiger partial charge in [-0.15, -0.1) is 11.3 Å². The Morgan fingerprint density at radius 2 is 2.67 bits per heavy atom. The maximum atomic E-state index is 11.0. The van der Waals surface area contributed by atoms with Crippen molar-refractivity contribution in [3.05, 3.63) is 11.1 Å². The van der Waals surface area contributed by atoms with Gasteiger partial charge < -0.3 is 10.1 Å². The number of rotatable bonds is 4. The monoisotopic (exact) mass is 226 g/mol. The molecule has 1 saturated heterocycles. The van der Waals surface area contributed by atoms with Gasteiger partial charge in [0.2, 0.25) is 0 Å². The zero-order chi connectivity index (χ0) is 10.7. The van der Waals surface area contributed by atoms with Crippen molar-refractivity contribution >= 4 is 22.3 Å². The van der Waals surface area contributed by atoms with Crippen LogP contribution >= 0.6 is 11.3 Å². The molecule has 1 N–H and O–H groups in total. The summed E-state index contributed by atoms with van der Waals surface area (Å²) in [5.41, 5.74) is 0.537. The van der Waals surface area contributed by atoms with Gasteiger partial charge in [0.25, 0.3) is 0 Å². The molecule has 0 amide bonds. The first-order valence-corrected chi connectivity index (χ1v) is 5.95. The van der Waals surface area contributed by atoms with Gasteiger partial charge in [-0.3, -0.25) is 4.79 Å². The Labute approximate surface area is 92.7 Å². The molecule has 0 spiro atoms. The number of carbonyl (C=O) groups excluding carboxylic acids is 1. The molecule has 1 aromatic rings. The number of ketones is 1. The highest BCUT2D eigenvalue weighted by Gasteiger charge is 2.15. The van der Waals surface area contributed by atoms with Crippen LogP contribution in [0.5, 0.6) is 0 Å². The largest absolute Gasteiger partial charge is 0.376 e. The minimum Gasteiger partial charge on any atom is -0.376 e. The van der Waals surface area contributed by atoms with E-state index in [1.165, 1.54) is 18.3 Å². The highest BCUT2D eigenvalue weighted by atomic mass is 32.1. The lowest BCUT2D eigenvalue weighted by Gasteiger charge is -2.08. The van der Waals surface area contributed by atoms with Gasteiger partial charge in [-0.25, -0.2) is 4.98 Å². The van der Waals surface area contributed by atoms with E-state index < -0.39 is 0 Å². The Bertz CT molecular complexity index is 345. The van der Waals surface area contributed by atoms with Crippen LogP contribution in [-0.2, 0) is 4.74 Å². The van der Waals surface area contributed by atoms with E-state index in [-0.39, 0.29) is 5.78 Å². The number of nitrogens with zero attached hydrogens (tertiary/aromatic N) is 1. The van der Waals surface area contributed by atoms with Gasteiger partial charge in [0.1, 0.15) is 5.69 Å². The molecule has 1 unspecified atom stereocenters. The molecule has 2 heterocycles. The third kappa shape index (κ3) is 2.76. The van der Waals surface area contributed by atoms with Crippen molar-refractivity contribution in [3.8, 4) is 0 Å². The van der Waals surface area contributed by atoms with E-state index in [0.717, 1.165) is 31.1 Å². The zero-order valence-corrected chi connectivity index (χ0v) is 9.47. The molecule has 1 aliphatic heterocycles. The van der Waals surface area contributed by atoms with E-state index in [2.05, 4.69) is 10.3 Å². The average molecular weight is 226 g/mol. The molecule has 1 fully saturated rings. The van der Waals surface area contributed by atoms with Gasteiger partial charge in [-0.1, -0.05) is 0 Å². The molecule has 0 aromatic carbocycles. The van der Waals surface area contributed by atoms with Crippen molar-refractivity contribution in [1.82, 2.24) is 4.98 Å². The van der Waals surface area contributed by atoms with E-state index in [0.29, 0.717) is 11.8 Å².